The van der Waals surface area contributed by atoms with Gasteiger partial charge in [-0.1, -0.05) is 11.6 Å². The Morgan fingerprint density at radius 1 is 1.14 bits per heavy atom. The summed E-state index contributed by atoms with van der Waals surface area (Å²) in [5, 5.41) is 6.40. The Labute approximate surface area is 212 Å². The lowest BCUT2D eigenvalue weighted by molar-refractivity contribution is 0.0629. The van der Waals surface area contributed by atoms with Gasteiger partial charge in [-0.25, -0.2) is 9.67 Å². The van der Waals surface area contributed by atoms with Crippen molar-refractivity contribution in [1.29, 1.82) is 0 Å². The molecule has 1 aliphatic heterocycles. The van der Waals surface area contributed by atoms with E-state index in [4.69, 9.17) is 26.4 Å². The highest BCUT2D eigenvalue weighted by atomic mass is 35.5. The Bertz CT molecular complexity index is 1270. The molecule has 0 bridgehead atoms. The molecule has 186 valence electrons. The van der Waals surface area contributed by atoms with Crippen molar-refractivity contribution in [2.45, 2.75) is 58.5 Å². The Kier molecular flexibility index (Phi) is 6.26. The van der Waals surface area contributed by atoms with Gasteiger partial charge in [-0.15, -0.1) is 0 Å². The second kappa shape index (κ2) is 9.10. The second-order valence-corrected chi connectivity index (χ2v) is 11.2. The first-order valence-electron chi connectivity index (χ1n) is 12.4. The number of fused-ring (bicyclic) bond motifs is 1. The van der Waals surface area contributed by atoms with Crippen molar-refractivity contribution in [3.05, 3.63) is 51.8 Å². The lowest BCUT2D eigenvalue weighted by Crippen LogP contribution is -2.48. The molecule has 1 amide bonds. The second-order valence-electron chi connectivity index (χ2n) is 10.8. The normalized spacial score (nSPS) is 17.3. The van der Waals surface area contributed by atoms with Crippen molar-refractivity contribution in [1.82, 2.24) is 24.6 Å². The van der Waals surface area contributed by atoms with Gasteiger partial charge in [0.25, 0.3) is 5.91 Å². The summed E-state index contributed by atoms with van der Waals surface area (Å²) in [6, 6.07) is 7.74. The van der Waals surface area contributed by atoms with E-state index in [1.165, 1.54) is 0 Å². The molecule has 1 aliphatic carbocycles. The van der Waals surface area contributed by atoms with Crippen LogP contribution in [0.25, 0.3) is 11.0 Å². The summed E-state index contributed by atoms with van der Waals surface area (Å²) >= 11 is 6.21. The van der Waals surface area contributed by atoms with Gasteiger partial charge >= 0.3 is 0 Å². The monoisotopic (exact) mass is 495 g/mol. The fourth-order valence-electron chi connectivity index (χ4n) is 4.92. The third kappa shape index (κ3) is 4.76. The van der Waals surface area contributed by atoms with E-state index in [1.807, 2.05) is 40.8 Å². The fraction of sp³-hybridized carbons (Fsp3) is 0.519. The number of piperazine rings is 1. The van der Waals surface area contributed by atoms with Crippen molar-refractivity contribution in [2.75, 3.05) is 33.3 Å². The number of hydrogen-bond acceptors (Lipinski definition) is 5. The third-order valence-corrected chi connectivity index (χ3v) is 7.23. The highest BCUT2D eigenvalue weighted by molar-refractivity contribution is 6.30. The summed E-state index contributed by atoms with van der Waals surface area (Å²) in [5.74, 6) is 1.38. The van der Waals surface area contributed by atoms with Crippen molar-refractivity contribution >= 4 is 28.5 Å². The quantitative estimate of drug-likeness (QED) is 0.499. The van der Waals surface area contributed by atoms with Crippen LogP contribution in [0, 0.1) is 6.92 Å². The number of ether oxygens (including phenoxy) is 1. The molecule has 1 saturated carbocycles. The van der Waals surface area contributed by atoms with Crippen LogP contribution in [0.4, 0.5) is 0 Å². The predicted octanol–water partition coefficient (Wildman–Crippen LogP) is 4.99. The average molecular weight is 496 g/mol. The fourth-order valence-corrected chi connectivity index (χ4v) is 5.12. The highest BCUT2D eigenvalue weighted by Crippen LogP contribution is 2.41. The number of aryl methyl sites for hydroxylation is 1. The van der Waals surface area contributed by atoms with Crippen molar-refractivity contribution < 1.29 is 9.53 Å². The smallest absolute Gasteiger partial charge is 0.254 e. The summed E-state index contributed by atoms with van der Waals surface area (Å²) in [7, 11) is 1.68. The lowest BCUT2D eigenvalue weighted by atomic mass is 10.0. The standard InChI is InChI=1S/C27H34ClN5O2/c1-17-24-21(15-22(18-6-7-18)29-25(24)33(30-17)27(2,3)4)26(34)32-12-10-31(11-13-32)16-19-14-20(28)8-9-23(19)35-5/h8-9,14-15,18H,6-7,10-13,16H2,1-5H3. The van der Waals surface area contributed by atoms with Crippen molar-refractivity contribution in [2.24, 2.45) is 0 Å². The number of rotatable bonds is 5. The van der Waals surface area contributed by atoms with Gasteiger partial charge in [-0.3, -0.25) is 9.69 Å². The minimum atomic E-state index is -0.213. The number of hydrogen-bond donors (Lipinski definition) is 0. The summed E-state index contributed by atoms with van der Waals surface area (Å²) in [6.45, 7) is 12.1. The van der Waals surface area contributed by atoms with E-state index < -0.39 is 0 Å². The molecule has 1 saturated heterocycles. The SMILES string of the molecule is COc1ccc(Cl)cc1CN1CCN(C(=O)c2cc(C3CC3)nc3c2c(C)nn3C(C)(C)C)CC1. The first-order valence-corrected chi connectivity index (χ1v) is 12.8. The first kappa shape index (κ1) is 24.1. The maximum atomic E-state index is 13.8. The molecular weight excluding hydrogens is 462 g/mol. The summed E-state index contributed by atoms with van der Waals surface area (Å²) in [4.78, 5) is 23.2. The van der Waals surface area contributed by atoms with Crippen LogP contribution < -0.4 is 4.74 Å². The number of benzene rings is 1. The number of halogens is 1. The van der Waals surface area contributed by atoms with Gasteiger partial charge in [0, 0.05) is 54.9 Å². The number of carbonyl (C=O) groups is 1. The molecule has 35 heavy (non-hydrogen) atoms. The lowest BCUT2D eigenvalue weighted by Gasteiger charge is -2.35. The van der Waals surface area contributed by atoms with Gasteiger partial charge in [0.15, 0.2) is 5.65 Å². The van der Waals surface area contributed by atoms with E-state index in [-0.39, 0.29) is 11.4 Å². The molecule has 5 rings (SSSR count). The van der Waals surface area contributed by atoms with Crippen LogP contribution in [0.2, 0.25) is 5.02 Å². The number of carbonyl (C=O) groups excluding carboxylic acids is 1. The van der Waals surface area contributed by atoms with E-state index >= 15 is 0 Å². The van der Waals surface area contributed by atoms with Gasteiger partial charge in [-0.05, 0) is 64.8 Å². The highest BCUT2D eigenvalue weighted by Gasteiger charge is 2.32. The molecule has 8 heteroatoms. The van der Waals surface area contributed by atoms with Gasteiger partial charge < -0.3 is 9.64 Å². The summed E-state index contributed by atoms with van der Waals surface area (Å²) in [6.07, 6.45) is 2.28. The molecule has 2 aliphatic rings. The molecular formula is C27H34ClN5O2. The van der Waals surface area contributed by atoms with Crippen LogP contribution in [0.3, 0.4) is 0 Å². The van der Waals surface area contributed by atoms with Crippen LogP contribution in [-0.4, -0.2) is 63.8 Å². The number of methoxy groups -OCH3 is 1. The van der Waals surface area contributed by atoms with Gasteiger partial charge in [0.05, 0.1) is 29.3 Å². The number of aromatic nitrogens is 3. The number of pyridine rings is 1. The number of nitrogens with zero attached hydrogens (tertiary/aromatic N) is 5. The average Bonchev–Trinajstić information content (AvgIpc) is 3.61. The molecule has 0 spiro atoms. The Morgan fingerprint density at radius 2 is 1.86 bits per heavy atom. The van der Waals surface area contributed by atoms with Crippen molar-refractivity contribution in [3.8, 4) is 5.75 Å². The van der Waals surface area contributed by atoms with E-state index in [9.17, 15) is 4.79 Å². The molecule has 3 heterocycles. The zero-order chi connectivity index (χ0) is 24.9. The van der Waals surface area contributed by atoms with Crippen LogP contribution in [-0.2, 0) is 12.1 Å². The molecule has 3 aromatic rings. The maximum absolute atomic E-state index is 13.8. The van der Waals surface area contributed by atoms with Gasteiger partial charge in [-0.2, -0.15) is 5.10 Å². The van der Waals surface area contributed by atoms with E-state index in [0.717, 1.165) is 71.8 Å². The maximum Gasteiger partial charge on any atom is 0.254 e. The van der Waals surface area contributed by atoms with Crippen LogP contribution in [0.15, 0.2) is 24.3 Å². The van der Waals surface area contributed by atoms with Crippen LogP contribution >= 0.6 is 11.6 Å². The molecule has 1 aromatic carbocycles. The molecule has 0 radical (unpaired) electrons. The topological polar surface area (TPSA) is 63.5 Å². The Morgan fingerprint density at radius 3 is 2.49 bits per heavy atom. The van der Waals surface area contributed by atoms with E-state index in [1.54, 1.807) is 7.11 Å². The molecule has 0 unspecified atom stereocenters. The molecule has 2 aromatic heterocycles. The minimum Gasteiger partial charge on any atom is -0.496 e. The third-order valence-electron chi connectivity index (χ3n) is 6.99. The molecule has 2 fully saturated rings. The van der Waals surface area contributed by atoms with Crippen LogP contribution in [0.5, 0.6) is 5.75 Å². The van der Waals surface area contributed by atoms with E-state index in [2.05, 4.69) is 25.7 Å². The molecule has 7 nitrogen and oxygen atoms in total. The van der Waals surface area contributed by atoms with Gasteiger partial charge in [0.1, 0.15) is 5.75 Å². The molecule has 0 N–H and O–H groups in total. The largest absolute Gasteiger partial charge is 0.496 e. The Balaban J connectivity index is 1.39. The molecule has 0 atom stereocenters. The first-order chi connectivity index (χ1) is 16.7. The summed E-state index contributed by atoms with van der Waals surface area (Å²) < 4.78 is 7.49. The predicted molar refractivity (Wildman–Crippen MR) is 138 cm³/mol. The minimum absolute atomic E-state index is 0.0795. The zero-order valence-corrected chi connectivity index (χ0v) is 22.0. The van der Waals surface area contributed by atoms with Gasteiger partial charge in [0.2, 0.25) is 0 Å². The Hall–Kier alpha value is -2.64. The summed E-state index contributed by atoms with van der Waals surface area (Å²) in [5.41, 5.74) is 4.31. The van der Waals surface area contributed by atoms with Crippen molar-refractivity contribution in [3.63, 3.8) is 0 Å². The van der Waals surface area contributed by atoms with Crippen LogP contribution in [0.1, 0.15) is 66.8 Å². The zero-order valence-electron chi connectivity index (χ0n) is 21.3. The number of amides is 1. The van der Waals surface area contributed by atoms with E-state index in [0.29, 0.717) is 24.0 Å².